The van der Waals surface area contributed by atoms with E-state index in [0.717, 1.165) is 37.9 Å². The highest BCUT2D eigenvalue weighted by molar-refractivity contribution is 5.30. The van der Waals surface area contributed by atoms with Crippen LogP contribution >= 0.6 is 0 Å². The minimum atomic E-state index is -0.453. The van der Waals surface area contributed by atoms with E-state index in [4.69, 9.17) is 4.74 Å². The number of aryl methyl sites for hydroxylation is 1. The lowest BCUT2D eigenvalue weighted by Gasteiger charge is -2.22. The van der Waals surface area contributed by atoms with Crippen LogP contribution in [0.2, 0.25) is 0 Å². The van der Waals surface area contributed by atoms with Crippen LogP contribution in [-0.2, 0) is 11.2 Å². The zero-order valence-corrected chi connectivity index (χ0v) is 11.3. The molecule has 18 heavy (non-hydrogen) atoms. The van der Waals surface area contributed by atoms with Crippen LogP contribution in [0.25, 0.3) is 0 Å². The maximum absolute atomic E-state index is 10.4. The molecule has 100 valence electrons. The van der Waals surface area contributed by atoms with Crippen LogP contribution in [0.15, 0.2) is 24.3 Å². The van der Waals surface area contributed by atoms with Crippen molar-refractivity contribution in [2.24, 2.45) is 0 Å². The summed E-state index contributed by atoms with van der Waals surface area (Å²) in [5.41, 5.74) is 2.35. The van der Waals surface area contributed by atoms with E-state index in [9.17, 15) is 5.11 Å². The molecular weight excluding hydrogens is 224 g/mol. The first-order valence-electron chi connectivity index (χ1n) is 7.20. The smallest absolute Gasteiger partial charge is 0.105 e. The van der Waals surface area contributed by atoms with E-state index in [1.54, 1.807) is 0 Å². The minimum absolute atomic E-state index is 0.0227. The van der Waals surface area contributed by atoms with Crippen molar-refractivity contribution < 1.29 is 9.84 Å². The minimum Gasteiger partial charge on any atom is -0.386 e. The fraction of sp³-hybridized carbons (Fsp3) is 0.625. The summed E-state index contributed by atoms with van der Waals surface area (Å²) in [6.45, 7) is 2.97. The molecule has 1 aliphatic carbocycles. The fourth-order valence-corrected chi connectivity index (χ4v) is 2.66. The summed E-state index contributed by atoms with van der Waals surface area (Å²) in [5, 5.41) is 10.4. The standard InChI is InChI=1S/C16H24O2/c1-2-3-6-12-18-15-11-7-9-13-8-4-5-10-14(13)16(15)17/h4-5,8,10,15-17H,2-3,6-7,9,11-12H2,1H3. The van der Waals surface area contributed by atoms with Gasteiger partial charge in [0.15, 0.2) is 0 Å². The maximum Gasteiger partial charge on any atom is 0.105 e. The van der Waals surface area contributed by atoms with E-state index in [1.165, 1.54) is 18.4 Å². The van der Waals surface area contributed by atoms with Gasteiger partial charge in [0.25, 0.3) is 0 Å². The highest BCUT2D eigenvalue weighted by Crippen LogP contribution is 2.30. The molecule has 0 spiro atoms. The summed E-state index contributed by atoms with van der Waals surface area (Å²) in [6.07, 6.45) is 6.16. The Balaban J connectivity index is 1.97. The lowest BCUT2D eigenvalue weighted by molar-refractivity contribution is -0.0427. The zero-order valence-electron chi connectivity index (χ0n) is 11.3. The number of rotatable bonds is 5. The zero-order chi connectivity index (χ0) is 12.8. The van der Waals surface area contributed by atoms with Crippen molar-refractivity contribution in [3.8, 4) is 0 Å². The SMILES string of the molecule is CCCCCOC1CCCc2ccccc2C1O. The van der Waals surface area contributed by atoms with Crippen LogP contribution in [0.1, 0.15) is 56.3 Å². The average Bonchev–Trinajstić information content (AvgIpc) is 2.56. The molecule has 0 heterocycles. The van der Waals surface area contributed by atoms with Gasteiger partial charge < -0.3 is 9.84 Å². The second kappa shape index (κ2) is 6.91. The lowest BCUT2D eigenvalue weighted by atomic mass is 10.0. The molecule has 2 atom stereocenters. The summed E-state index contributed by atoms with van der Waals surface area (Å²) in [5.74, 6) is 0. The van der Waals surface area contributed by atoms with Gasteiger partial charge in [0.05, 0.1) is 6.10 Å². The topological polar surface area (TPSA) is 29.5 Å². The van der Waals surface area contributed by atoms with Gasteiger partial charge in [-0.05, 0) is 36.8 Å². The summed E-state index contributed by atoms with van der Waals surface area (Å²) < 4.78 is 5.88. The molecule has 0 aromatic heterocycles. The van der Waals surface area contributed by atoms with Gasteiger partial charge >= 0.3 is 0 Å². The van der Waals surface area contributed by atoms with E-state index >= 15 is 0 Å². The van der Waals surface area contributed by atoms with Crippen LogP contribution in [0.5, 0.6) is 0 Å². The third kappa shape index (κ3) is 3.33. The Morgan fingerprint density at radius 1 is 1.28 bits per heavy atom. The second-order valence-corrected chi connectivity index (χ2v) is 5.15. The first-order valence-corrected chi connectivity index (χ1v) is 7.20. The van der Waals surface area contributed by atoms with E-state index in [0.29, 0.717) is 0 Å². The molecule has 0 radical (unpaired) electrons. The molecule has 0 aliphatic heterocycles. The van der Waals surface area contributed by atoms with Crippen molar-refractivity contribution in [3.05, 3.63) is 35.4 Å². The molecule has 0 bridgehead atoms. The van der Waals surface area contributed by atoms with Crippen molar-refractivity contribution in [2.75, 3.05) is 6.61 Å². The third-order valence-electron chi connectivity index (χ3n) is 3.74. The number of fused-ring (bicyclic) bond motifs is 1. The Morgan fingerprint density at radius 2 is 2.11 bits per heavy atom. The van der Waals surface area contributed by atoms with Gasteiger partial charge in [0.1, 0.15) is 6.10 Å². The van der Waals surface area contributed by atoms with Crippen LogP contribution < -0.4 is 0 Å². The quantitative estimate of drug-likeness (QED) is 0.637. The third-order valence-corrected chi connectivity index (χ3v) is 3.74. The molecule has 2 heteroatoms. The normalized spacial score (nSPS) is 23.4. The van der Waals surface area contributed by atoms with Crippen LogP contribution in [0, 0.1) is 0 Å². The Hall–Kier alpha value is -0.860. The molecule has 2 nitrogen and oxygen atoms in total. The molecule has 2 rings (SSSR count). The van der Waals surface area contributed by atoms with Gasteiger partial charge in [-0.3, -0.25) is 0 Å². The monoisotopic (exact) mass is 248 g/mol. The molecule has 1 aromatic rings. The highest BCUT2D eigenvalue weighted by atomic mass is 16.5. The first kappa shape index (κ1) is 13.6. The van der Waals surface area contributed by atoms with Crippen molar-refractivity contribution in [1.82, 2.24) is 0 Å². The number of ether oxygens (including phenoxy) is 1. The van der Waals surface area contributed by atoms with Crippen LogP contribution in [0.3, 0.4) is 0 Å². The molecule has 0 saturated heterocycles. The van der Waals surface area contributed by atoms with Gasteiger partial charge in [-0.1, -0.05) is 44.0 Å². The molecule has 1 aliphatic rings. The number of aliphatic hydroxyl groups is 1. The van der Waals surface area contributed by atoms with Gasteiger partial charge in [-0.25, -0.2) is 0 Å². The summed E-state index contributed by atoms with van der Waals surface area (Å²) in [6, 6.07) is 8.21. The molecule has 1 N–H and O–H groups in total. The van der Waals surface area contributed by atoms with Crippen molar-refractivity contribution in [3.63, 3.8) is 0 Å². The van der Waals surface area contributed by atoms with E-state index in [-0.39, 0.29) is 6.10 Å². The molecule has 2 unspecified atom stereocenters. The fourth-order valence-electron chi connectivity index (χ4n) is 2.66. The number of hydrogen-bond donors (Lipinski definition) is 1. The molecule has 0 saturated carbocycles. The van der Waals surface area contributed by atoms with Crippen LogP contribution in [0.4, 0.5) is 0 Å². The summed E-state index contributed by atoms with van der Waals surface area (Å²) in [7, 11) is 0. The van der Waals surface area contributed by atoms with E-state index in [2.05, 4.69) is 13.0 Å². The van der Waals surface area contributed by atoms with Gasteiger partial charge in [-0.2, -0.15) is 0 Å². The highest BCUT2D eigenvalue weighted by Gasteiger charge is 2.26. The predicted molar refractivity (Wildman–Crippen MR) is 73.6 cm³/mol. The Labute approximate surface area is 110 Å². The Bertz CT molecular complexity index is 362. The van der Waals surface area contributed by atoms with Gasteiger partial charge in [0.2, 0.25) is 0 Å². The average molecular weight is 248 g/mol. The molecule has 0 amide bonds. The summed E-state index contributed by atoms with van der Waals surface area (Å²) in [4.78, 5) is 0. The van der Waals surface area contributed by atoms with Crippen LogP contribution in [-0.4, -0.2) is 17.8 Å². The van der Waals surface area contributed by atoms with Crippen molar-refractivity contribution >= 4 is 0 Å². The predicted octanol–water partition coefficient (Wildman–Crippen LogP) is 3.63. The number of benzene rings is 1. The number of aliphatic hydroxyl groups excluding tert-OH is 1. The summed E-state index contributed by atoms with van der Waals surface area (Å²) >= 11 is 0. The largest absolute Gasteiger partial charge is 0.386 e. The maximum atomic E-state index is 10.4. The molecule has 0 fully saturated rings. The number of unbranched alkanes of at least 4 members (excludes halogenated alkanes) is 2. The molecular formula is C16H24O2. The van der Waals surface area contributed by atoms with Crippen molar-refractivity contribution in [2.45, 2.75) is 57.7 Å². The first-order chi connectivity index (χ1) is 8.83. The lowest BCUT2D eigenvalue weighted by Crippen LogP contribution is -2.22. The second-order valence-electron chi connectivity index (χ2n) is 5.15. The Kier molecular flexibility index (Phi) is 5.21. The molecule has 1 aromatic carbocycles. The van der Waals surface area contributed by atoms with Gasteiger partial charge in [0, 0.05) is 6.61 Å². The van der Waals surface area contributed by atoms with Gasteiger partial charge in [-0.15, -0.1) is 0 Å². The van der Waals surface area contributed by atoms with E-state index < -0.39 is 6.10 Å². The van der Waals surface area contributed by atoms with E-state index in [1.807, 2.05) is 18.2 Å². The Morgan fingerprint density at radius 3 is 2.94 bits per heavy atom. The van der Waals surface area contributed by atoms with Crippen molar-refractivity contribution in [1.29, 1.82) is 0 Å². The number of hydrogen-bond acceptors (Lipinski definition) is 2.